The lowest BCUT2D eigenvalue weighted by Gasteiger charge is -2.41. The smallest absolute Gasteiger partial charge is 0.182 e. The van der Waals surface area contributed by atoms with Gasteiger partial charge in [0.25, 0.3) is 0 Å². The van der Waals surface area contributed by atoms with E-state index < -0.39 is 41.3 Å². The fourth-order valence-electron chi connectivity index (χ4n) is 10.4. The Bertz CT molecular complexity index is 2800. The number of anilines is 1. The number of methoxy groups -OCH3 is 2. The minimum absolute atomic E-state index is 0.00819. The average molecular weight is 1050 g/mol. The number of aliphatic hydroxyl groups excluding tert-OH is 4. The summed E-state index contributed by atoms with van der Waals surface area (Å²) >= 11 is 0. The Morgan fingerprint density at radius 1 is 0.627 bits per heavy atom. The normalized spacial score (nSPS) is 16.5. The summed E-state index contributed by atoms with van der Waals surface area (Å²) in [4.78, 5) is 13.3. The number of nitrogens with zero attached hydrogens (tertiary/aromatic N) is 4. The summed E-state index contributed by atoms with van der Waals surface area (Å²) in [7, 11) is 3.19. The first-order chi connectivity index (χ1) is 36.1. The number of pyridine rings is 2. The second-order valence-corrected chi connectivity index (χ2v) is 19.8. The van der Waals surface area contributed by atoms with Gasteiger partial charge in [-0.3, -0.25) is 14.9 Å². The van der Waals surface area contributed by atoms with Crippen LogP contribution in [0.15, 0.2) is 79.1 Å². The van der Waals surface area contributed by atoms with Crippen molar-refractivity contribution in [2.45, 2.75) is 76.7 Å². The van der Waals surface area contributed by atoms with Crippen molar-refractivity contribution < 1.29 is 56.6 Å². The molecule has 4 aromatic carbocycles. The van der Waals surface area contributed by atoms with Crippen LogP contribution in [0.5, 0.6) is 17.2 Å². The Morgan fingerprint density at radius 2 is 1.09 bits per heavy atom. The van der Waals surface area contributed by atoms with E-state index in [1.165, 1.54) is 12.1 Å². The van der Waals surface area contributed by atoms with Crippen molar-refractivity contribution in [1.29, 1.82) is 0 Å². The van der Waals surface area contributed by atoms with Crippen LogP contribution in [0.1, 0.15) is 85.8 Å². The van der Waals surface area contributed by atoms with Crippen LogP contribution >= 0.6 is 0 Å². The summed E-state index contributed by atoms with van der Waals surface area (Å²) in [6.45, 7) is 5.32. The molecule has 2 aromatic heterocycles. The Labute approximate surface area is 434 Å². The molecule has 6 aromatic rings. The lowest BCUT2D eigenvalue weighted by molar-refractivity contribution is 0.0204. The highest BCUT2D eigenvalue weighted by atomic mass is 19.2. The van der Waals surface area contributed by atoms with Gasteiger partial charge in [0.1, 0.15) is 41.3 Å². The highest BCUT2D eigenvalue weighted by molar-refractivity contribution is 5.86. The van der Waals surface area contributed by atoms with Crippen LogP contribution in [0.2, 0.25) is 0 Å². The van der Waals surface area contributed by atoms with Gasteiger partial charge in [-0.05, 0) is 147 Å². The summed E-state index contributed by atoms with van der Waals surface area (Å²) in [5.74, 6) is -2.97. The van der Waals surface area contributed by atoms with Crippen LogP contribution in [0.4, 0.5) is 27.6 Å². The van der Waals surface area contributed by atoms with E-state index >= 15 is 0 Å². The molecule has 0 saturated carbocycles. The molecule has 8 rings (SSSR count). The molecule has 2 aliphatic rings. The molecule has 75 heavy (non-hydrogen) atoms. The summed E-state index contributed by atoms with van der Waals surface area (Å²) < 4.78 is 83.6. The van der Waals surface area contributed by atoms with Crippen molar-refractivity contribution >= 4 is 27.5 Å². The molecule has 0 spiro atoms. The number of hydrogen-bond acceptors (Lipinski definition) is 14. The van der Waals surface area contributed by atoms with Gasteiger partial charge in [0.05, 0.1) is 43.1 Å². The maximum Gasteiger partial charge on any atom is 0.182 e. The van der Waals surface area contributed by atoms with Gasteiger partial charge in [-0.25, -0.2) is 22.0 Å². The number of halogens is 5. The van der Waals surface area contributed by atoms with Crippen molar-refractivity contribution in [3.05, 3.63) is 130 Å². The Balaban J connectivity index is 0.000000219. The van der Waals surface area contributed by atoms with Crippen molar-refractivity contribution in [2.75, 3.05) is 85.2 Å². The predicted molar refractivity (Wildman–Crippen MR) is 278 cm³/mol. The molecule has 0 unspecified atom stereocenters. The highest BCUT2D eigenvalue weighted by Crippen LogP contribution is 2.42. The summed E-state index contributed by atoms with van der Waals surface area (Å²) in [5, 5.41) is 47.5. The van der Waals surface area contributed by atoms with Gasteiger partial charge < -0.3 is 56.3 Å². The number of nitrogens with one attached hydrogen (secondary N) is 1. The zero-order chi connectivity index (χ0) is 53.7. The lowest BCUT2D eigenvalue weighted by Crippen LogP contribution is -2.43. The van der Waals surface area contributed by atoms with Crippen LogP contribution in [-0.2, 0) is 13.1 Å². The third-order valence-electron chi connectivity index (χ3n) is 15.2. The van der Waals surface area contributed by atoms with E-state index in [0.717, 1.165) is 95.0 Å². The Kier molecular flexibility index (Phi) is 20.0. The number of nitrogens with two attached hydrogens (primary N) is 2. The van der Waals surface area contributed by atoms with E-state index in [0.29, 0.717) is 82.6 Å². The fourth-order valence-corrected chi connectivity index (χ4v) is 10.4. The van der Waals surface area contributed by atoms with Crippen molar-refractivity contribution in [1.82, 2.24) is 19.8 Å². The van der Waals surface area contributed by atoms with E-state index in [4.69, 9.17) is 25.7 Å². The number of ether oxygens (including phenoxy) is 3. The first-order valence-corrected chi connectivity index (χ1v) is 25.5. The molecule has 0 amide bonds. The van der Waals surface area contributed by atoms with Gasteiger partial charge in [-0.15, -0.1) is 0 Å². The number of rotatable bonds is 22. The number of aromatic nitrogens is 2. The zero-order valence-electron chi connectivity index (χ0n) is 42.6. The molecule has 406 valence electrons. The van der Waals surface area contributed by atoms with Crippen molar-refractivity contribution in [3.63, 3.8) is 0 Å². The van der Waals surface area contributed by atoms with Gasteiger partial charge in [0.2, 0.25) is 0 Å². The molecule has 2 saturated heterocycles. The first kappa shape index (κ1) is 56.9. The summed E-state index contributed by atoms with van der Waals surface area (Å²) in [6.07, 6.45) is 7.13. The standard InChI is InChI=1S/C28H35F3N4O3.C28H35F2N3O4/c1-38-20-2-3-23-21(14-20)26(18(15-32)16-34-23)25(37)4-5-28(17-36)6-9-35(10-7-28)11-8-33-24-13-19(29)12-22(30)27(24)31;1-36-22-2-3-25-24(15-22)27(19(16-31)17-32-25)26(35)4-5-28(18-34)6-8-33(9-7-28)10-11-37-23-13-20(29)12-21(30)14-23/h2-3,12-14,16,25,33,36-37H,4-11,15,17,32H2,1H3;2-3,12-15,17,26,34-35H,4-11,16,18,31H2,1H3/t25-;26-/m11/s1. The second kappa shape index (κ2) is 26.3. The number of hydrogen-bond donors (Lipinski definition) is 7. The molecule has 0 bridgehead atoms. The maximum absolute atomic E-state index is 13.9. The maximum atomic E-state index is 13.9. The quantitative estimate of drug-likeness (QED) is 0.0254. The molecular weight excluding hydrogens is 978 g/mol. The molecule has 2 fully saturated rings. The van der Waals surface area contributed by atoms with Crippen LogP contribution < -0.4 is 31.0 Å². The monoisotopic (exact) mass is 1050 g/mol. The fraction of sp³-hybridized carbons (Fsp3) is 0.464. The van der Waals surface area contributed by atoms with E-state index in [9.17, 15) is 42.4 Å². The van der Waals surface area contributed by atoms with Crippen LogP contribution in [0, 0.1) is 39.9 Å². The minimum Gasteiger partial charge on any atom is -0.497 e. The van der Waals surface area contributed by atoms with Gasteiger partial charge >= 0.3 is 0 Å². The summed E-state index contributed by atoms with van der Waals surface area (Å²) in [6, 6.07) is 15.7. The van der Waals surface area contributed by atoms with Gasteiger partial charge in [-0.1, -0.05) is 0 Å². The number of benzene rings is 4. The van der Waals surface area contributed by atoms with Gasteiger partial charge in [-0.2, -0.15) is 0 Å². The number of likely N-dealkylation sites (tertiary alicyclic amines) is 2. The SMILES string of the molecule is COc1ccc2ncc(CN)c([C@H](O)CCC3(CO)CCN(CCNc4cc(F)cc(F)c4F)CC3)c2c1.COc1ccc2ncc(CN)c([C@H](O)CCC3(CO)CCN(CCOc4cc(F)cc(F)c4)CC3)c2c1. The molecule has 19 heteroatoms. The minimum atomic E-state index is -1.22. The zero-order valence-corrected chi connectivity index (χ0v) is 42.6. The third kappa shape index (κ3) is 14.4. The lowest BCUT2D eigenvalue weighted by atomic mass is 9.74. The third-order valence-corrected chi connectivity index (χ3v) is 15.2. The molecule has 0 aliphatic carbocycles. The van der Waals surface area contributed by atoms with Crippen LogP contribution in [0.25, 0.3) is 21.8 Å². The van der Waals surface area contributed by atoms with E-state index in [1.807, 2.05) is 36.4 Å². The van der Waals surface area contributed by atoms with Crippen molar-refractivity contribution in [3.8, 4) is 17.2 Å². The van der Waals surface area contributed by atoms with E-state index in [-0.39, 0.29) is 48.6 Å². The molecule has 14 nitrogen and oxygen atoms in total. The number of piperidine rings is 2. The topological polar surface area (TPSA) is 205 Å². The number of fused-ring (bicyclic) bond motifs is 2. The molecular formula is C56H70F5N7O7. The molecule has 2 atom stereocenters. The molecule has 9 N–H and O–H groups in total. The largest absolute Gasteiger partial charge is 0.497 e. The second-order valence-electron chi connectivity index (χ2n) is 19.8. The van der Waals surface area contributed by atoms with Crippen molar-refractivity contribution in [2.24, 2.45) is 22.3 Å². The van der Waals surface area contributed by atoms with E-state index in [1.54, 1.807) is 26.6 Å². The van der Waals surface area contributed by atoms with E-state index in [2.05, 4.69) is 25.1 Å². The summed E-state index contributed by atoms with van der Waals surface area (Å²) in [5.41, 5.74) is 15.7. The number of aliphatic hydroxyl groups is 4. The Morgan fingerprint density at radius 3 is 1.55 bits per heavy atom. The predicted octanol–water partition coefficient (Wildman–Crippen LogP) is 8.07. The molecule has 0 radical (unpaired) electrons. The van der Waals surface area contributed by atoms with Gasteiger partial charge in [0.15, 0.2) is 11.6 Å². The van der Waals surface area contributed by atoms with Gasteiger partial charge in [0, 0.05) is 99.4 Å². The average Bonchev–Trinajstić information content (AvgIpc) is 3.42. The highest BCUT2D eigenvalue weighted by Gasteiger charge is 2.36. The first-order valence-electron chi connectivity index (χ1n) is 25.5. The molecule has 2 aliphatic heterocycles. The van der Waals surface area contributed by atoms with Crippen LogP contribution in [0.3, 0.4) is 0 Å². The Hall–Kier alpha value is -5.77. The van der Waals surface area contributed by atoms with Crippen LogP contribution in [-0.4, -0.2) is 120 Å². The molecule has 4 heterocycles.